The van der Waals surface area contributed by atoms with Gasteiger partial charge in [-0.15, -0.1) is 0 Å². The molecule has 2 unspecified atom stereocenters. The van der Waals surface area contributed by atoms with Crippen LogP contribution in [0.2, 0.25) is 0 Å². The second kappa shape index (κ2) is 26.4. The summed E-state index contributed by atoms with van der Waals surface area (Å²) in [6.07, 6.45) is 31.6. The molecule has 236 valence electrons. The highest BCUT2D eigenvalue weighted by atomic mass is 16.6. The number of rotatable bonds is 22. The standard InChI is InChI=1S/C33H46N2O8/c1-4-5-6-7-8-9-10-11-12-13-14-15-16-17-18-19-20-21-22-23-28(36)34-26-31(40)43-27(2)32(33(41)42-3)35-29(37)24-25-30(38)39/h5-6,8-9,11-12,14-15,17-18,20-21,24-25,27,32H,4,7,10,13,16,19,22-23,26H2,1-3H3,(H,34,36)(H,35,37)(H,38,39). The molecule has 0 rings (SSSR count). The van der Waals surface area contributed by atoms with E-state index in [9.17, 15) is 24.0 Å². The summed E-state index contributed by atoms with van der Waals surface area (Å²) in [5.74, 6) is -4.29. The third kappa shape index (κ3) is 23.9. The summed E-state index contributed by atoms with van der Waals surface area (Å²) in [6, 6.07) is -1.37. The Morgan fingerprint density at radius 3 is 1.70 bits per heavy atom. The number of nitrogens with one attached hydrogen (secondary N) is 2. The molecular formula is C33H46N2O8. The van der Waals surface area contributed by atoms with Gasteiger partial charge >= 0.3 is 17.9 Å². The van der Waals surface area contributed by atoms with E-state index in [2.05, 4.69) is 83.1 Å². The van der Waals surface area contributed by atoms with Crippen molar-refractivity contribution in [3.05, 3.63) is 85.1 Å². The Hall–Kier alpha value is -4.47. The molecule has 0 saturated carbocycles. The predicted octanol–water partition coefficient (Wildman–Crippen LogP) is 4.81. The van der Waals surface area contributed by atoms with Crippen LogP contribution >= 0.6 is 0 Å². The number of hydrogen-bond donors (Lipinski definition) is 3. The molecule has 0 fully saturated rings. The van der Waals surface area contributed by atoms with Gasteiger partial charge in [0.25, 0.3) is 0 Å². The van der Waals surface area contributed by atoms with E-state index in [-0.39, 0.29) is 12.3 Å². The van der Waals surface area contributed by atoms with Gasteiger partial charge in [-0.3, -0.25) is 14.4 Å². The third-order valence-corrected chi connectivity index (χ3v) is 5.48. The van der Waals surface area contributed by atoms with Crippen LogP contribution in [0.5, 0.6) is 0 Å². The van der Waals surface area contributed by atoms with Crippen LogP contribution in [0.25, 0.3) is 0 Å². The molecule has 10 heteroatoms. The van der Waals surface area contributed by atoms with Crippen LogP contribution in [-0.4, -0.2) is 60.6 Å². The Morgan fingerprint density at radius 1 is 0.744 bits per heavy atom. The van der Waals surface area contributed by atoms with E-state index in [0.29, 0.717) is 18.6 Å². The Bertz CT molecular complexity index is 1070. The summed E-state index contributed by atoms with van der Waals surface area (Å²) in [5, 5.41) is 13.3. The first-order chi connectivity index (χ1) is 20.7. The number of methoxy groups -OCH3 is 1. The summed E-state index contributed by atoms with van der Waals surface area (Å²) in [7, 11) is 1.08. The minimum Gasteiger partial charge on any atom is -0.478 e. The Balaban J connectivity index is 4.15. The molecule has 0 heterocycles. The number of esters is 2. The summed E-state index contributed by atoms with van der Waals surface area (Å²) in [5.41, 5.74) is 0. The predicted molar refractivity (Wildman–Crippen MR) is 167 cm³/mol. The molecule has 0 spiro atoms. The van der Waals surface area contributed by atoms with Gasteiger partial charge in [0.15, 0.2) is 6.04 Å². The number of allylic oxidation sites excluding steroid dienone is 12. The first-order valence-corrected chi connectivity index (χ1v) is 14.4. The summed E-state index contributed by atoms with van der Waals surface area (Å²) >= 11 is 0. The van der Waals surface area contributed by atoms with Crippen LogP contribution in [0.15, 0.2) is 85.1 Å². The number of hydrogen-bond acceptors (Lipinski definition) is 7. The third-order valence-electron chi connectivity index (χ3n) is 5.48. The van der Waals surface area contributed by atoms with E-state index in [1.807, 2.05) is 12.2 Å². The molecule has 10 nitrogen and oxygen atoms in total. The second-order valence-electron chi connectivity index (χ2n) is 9.11. The van der Waals surface area contributed by atoms with Crippen molar-refractivity contribution in [2.45, 2.75) is 77.4 Å². The van der Waals surface area contributed by atoms with Gasteiger partial charge < -0.3 is 25.2 Å². The normalized spacial score (nSPS) is 13.6. The number of carbonyl (C=O) groups excluding carboxylic acids is 4. The van der Waals surface area contributed by atoms with Crippen molar-refractivity contribution in [3.63, 3.8) is 0 Å². The lowest BCUT2D eigenvalue weighted by Gasteiger charge is -2.22. The first kappa shape index (κ1) is 38.5. The second-order valence-corrected chi connectivity index (χ2v) is 9.11. The lowest BCUT2D eigenvalue weighted by Crippen LogP contribution is -2.50. The average Bonchev–Trinajstić information content (AvgIpc) is 2.98. The highest BCUT2D eigenvalue weighted by molar-refractivity contribution is 5.96. The molecule has 0 aliphatic heterocycles. The summed E-state index contributed by atoms with van der Waals surface area (Å²) in [6.45, 7) is 3.06. The van der Waals surface area contributed by atoms with Crippen LogP contribution < -0.4 is 10.6 Å². The average molecular weight is 599 g/mol. The van der Waals surface area contributed by atoms with E-state index < -0.39 is 42.5 Å². The maximum atomic E-state index is 12.1. The number of amides is 2. The molecule has 0 aliphatic rings. The molecule has 3 N–H and O–H groups in total. The Morgan fingerprint density at radius 2 is 1.23 bits per heavy atom. The molecule has 0 aromatic rings. The fourth-order valence-corrected chi connectivity index (χ4v) is 3.27. The minimum atomic E-state index is -1.37. The molecule has 0 radical (unpaired) electrons. The molecule has 43 heavy (non-hydrogen) atoms. The molecule has 2 amide bonds. The maximum absolute atomic E-state index is 12.1. The van der Waals surface area contributed by atoms with Crippen molar-refractivity contribution >= 4 is 29.7 Å². The van der Waals surface area contributed by atoms with Crippen LogP contribution in [0, 0.1) is 0 Å². The van der Waals surface area contributed by atoms with Crippen molar-refractivity contribution in [1.82, 2.24) is 10.6 Å². The largest absolute Gasteiger partial charge is 0.478 e. The van der Waals surface area contributed by atoms with Gasteiger partial charge in [-0.2, -0.15) is 0 Å². The number of aliphatic carboxylic acids is 1. The molecule has 0 saturated heterocycles. The van der Waals surface area contributed by atoms with Crippen LogP contribution in [0.4, 0.5) is 0 Å². The molecule has 0 aromatic heterocycles. The van der Waals surface area contributed by atoms with E-state index in [0.717, 1.165) is 45.6 Å². The van der Waals surface area contributed by atoms with Crippen molar-refractivity contribution in [2.24, 2.45) is 0 Å². The molecule has 2 atom stereocenters. The fourth-order valence-electron chi connectivity index (χ4n) is 3.27. The van der Waals surface area contributed by atoms with Crippen molar-refractivity contribution in [3.8, 4) is 0 Å². The van der Waals surface area contributed by atoms with E-state index in [1.54, 1.807) is 0 Å². The quantitative estimate of drug-likeness (QED) is 0.0914. The van der Waals surface area contributed by atoms with E-state index in [4.69, 9.17) is 9.84 Å². The van der Waals surface area contributed by atoms with Crippen LogP contribution in [-0.2, 0) is 33.4 Å². The van der Waals surface area contributed by atoms with Crippen molar-refractivity contribution in [2.75, 3.05) is 13.7 Å². The van der Waals surface area contributed by atoms with Crippen molar-refractivity contribution in [1.29, 1.82) is 0 Å². The number of carboxylic acid groups (broad SMARTS) is 1. The number of carboxylic acids is 1. The lowest BCUT2D eigenvalue weighted by atomic mass is 10.2. The SMILES string of the molecule is CCC=CCC=CCC=CCC=CCC=CCC=CCCC(=O)NCC(=O)OC(C)C(NC(=O)C=CC(=O)O)C(=O)OC. The molecular weight excluding hydrogens is 552 g/mol. The highest BCUT2D eigenvalue weighted by Crippen LogP contribution is 2.03. The zero-order valence-corrected chi connectivity index (χ0v) is 25.4. The molecule has 0 aliphatic carbocycles. The summed E-state index contributed by atoms with van der Waals surface area (Å²) in [4.78, 5) is 58.4. The fraction of sp³-hybridized carbons (Fsp3) is 0.424. The van der Waals surface area contributed by atoms with Gasteiger partial charge in [0.1, 0.15) is 12.6 Å². The van der Waals surface area contributed by atoms with Gasteiger partial charge in [0.2, 0.25) is 11.8 Å². The van der Waals surface area contributed by atoms with E-state index in [1.165, 1.54) is 6.92 Å². The maximum Gasteiger partial charge on any atom is 0.332 e. The van der Waals surface area contributed by atoms with Crippen LogP contribution in [0.3, 0.4) is 0 Å². The molecule has 0 bridgehead atoms. The Labute approximate surface area is 255 Å². The van der Waals surface area contributed by atoms with Gasteiger partial charge in [-0.05, 0) is 51.9 Å². The topological polar surface area (TPSA) is 148 Å². The van der Waals surface area contributed by atoms with Crippen molar-refractivity contribution < 1.29 is 38.6 Å². The van der Waals surface area contributed by atoms with Gasteiger partial charge in [0.05, 0.1) is 7.11 Å². The first-order valence-electron chi connectivity index (χ1n) is 14.4. The van der Waals surface area contributed by atoms with Gasteiger partial charge in [-0.25, -0.2) is 9.59 Å². The minimum absolute atomic E-state index is 0.182. The van der Waals surface area contributed by atoms with E-state index >= 15 is 0 Å². The molecule has 0 aromatic carbocycles. The zero-order chi connectivity index (χ0) is 32.1. The lowest BCUT2D eigenvalue weighted by molar-refractivity contribution is -0.157. The smallest absolute Gasteiger partial charge is 0.332 e. The monoisotopic (exact) mass is 598 g/mol. The Kier molecular flexibility index (Phi) is 23.7. The number of ether oxygens (including phenoxy) is 2. The number of carbonyl (C=O) groups is 5. The van der Waals surface area contributed by atoms with Gasteiger partial charge in [0, 0.05) is 18.6 Å². The summed E-state index contributed by atoms with van der Waals surface area (Å²) < 4.78 is 9.71. The highest BCUT2D eigenvalue weighted by Gasteiger charge is 2.30. The van der Waals surface area contributed by atoms with Gasteiger partial charge in [-0.1, -0.05) is 79.8 Å². The van der Waals surface area contributed by atoms with Crippen LogP contribution in [0.1, 0.15) is 65.2 Å². The zero-order valence-electron chi connectivity index (χ0n) is 25.4.